The van der Waals surface area contributed by atoms with Crippen molar-refractivity contribution in [2.75, 3.05) is 10.6 Å². The fourth-order valence-electron chi connectivity index (χ4n) is 2.67. The molecular formula is C18H20N8O3. The first-order chi connectivity index (χ1) is 13.9. The minimum Gasteiger partial charge on any atom is -0.368 e. The van der Waals surface area contributed by atoms with Crippen LogP contribution in [-0.4, -0.2) is 37.4 Å². The van der Waals surface area contributed by atoms with Crippen LogP contribution in [0.1, 0.15) is 23.7 Å². The van der Waals surface area contributed by atoms with Gasteiger partial charge in [0, 0.05) is 23.8 Å². The summed E-state index contributed by atoms with van der Waals surface area (Å²) in [5.41, 5.74) is 11.0. The van der Waals surface area contributed by atoms with Gasteiger partial charge in [-0.1, -0.05) is 6.92 Å². The number of nitrogens with one attached hydrogen (secondary N) is 3. The molecule has 2 aromatic heterocycles. The van der Waals surface area contributed by atoms with Crippen molar-refractivity contribution >= 4 is 29.3 Å². The van der Waals surface area contributed by atoms with Gasteiger partial charge >= 0.3 is 0 Å². The van der Waals surface area contributed by atoms with Gasteiger partial charge in [0.2, 0.25) is 11.9 Å². The third kappa shape index (κ3) is 4.40. The molecule has 29 heavy (non-hydrogen) atoms. The lowest BCUT2D eigenvalue weighted by molar-refractivity contribution is -0.118. The first kappa shape index (κ1) is 19.6. The van der Waals surface area contributed by atoms with E-state index in [-0.39, 0.29) is 17.3 Å². The van der Waals surface area contributed by atoms with Crippen LogP contribution in [-0.2, 0) is 4.79 Å². The second-order valence-corrected chi connectivity index (χ2v) is 6.15. The molecule has 1 aromatic carbocycles. The van der Waals surface area contributed by atoms with Crippen LogP contribution in [0.3, 0.4) is 0 Å². The number of anilines is 3. The van der Waals surface area contributed by atoms with Crippen molar-refractivity contribution in [3.63, 3.8) is 0 Å². The Morgan fingerprint density at radius 1 is 1.24 bits per heavy atom. The fraction of sp³-hybridized carbons (Fsp3) is 0.167. The predicted octanol–water partition coefficient (Wildman–Crippen LogP) is 0.474. The molecule has 0 saturated heterocycles. The van der Waals surface area contributed by atoms with Gasteiger partial charge in [-0.15, -0.1) is 0 Å². The van der Waals surface area contributed by atoms with E-state index in [1.165, 1.54) is 0 Å². The van der Waals surface area contributed by atoms with Crippen LogP contribution in [0.5, 0.6) is 0 Å². The second kappa shape index (κ2) is 8.25. The number of aromatic nitrogens is 4. The first-order valence-corrected chi connectivity index (χ1v) is 8.74. The van der Waals surface area contributed by atoms with Gasteiger partial charge in [0.15, 0.2) is 5.82 Å². The molecule has 0 aliphatic carbocycles. The van der Waals surface area contributed by atoms with Gasteiger partial charge in [0.1, 0.15) is 11.6 Å². The molecule has 0 fully saturated rings. The maximum atomic E-state index is 12.3. The smallest absolute Gasteiger partial charge is 0.267 e. The first-order valence-electron chi connectivity index (χ1n) is 8.74. The summed E-state index contributed by atoms with van der Waals surface area (Å²) in [6, 6.07) is 6.39. The number of benzene rings is 1. The van der Waals surface area contributed by atoms with Crippen molar-refractivity contribution in [2.45, 2.75) is 19.4 Å². The minimum atomic E-state index is -0.940. The quantitative estimate of drug-likeness (QED) is 0.368. The Balaban J connectivity index is 1.93. The van der Waals surface area contributed by atoms with E-state index >= 15 is 0 Å². The monoisotopic (exact) mass is 396 g/mol. The number of H-pyrrole nitrogens is 1. The molecule has 0 bridgehead atoms. The largest absolute Gasteiger partial charge is 0.368 e. The van der Waals surface area contributed by atoms with Gasteiger partial charge in [-0.3, -0.25) is 19.4 Å². The van der Waals surface area contributed by atoms with Crippen molar-refractivity contribution in [1.29, 1.82) is 0 Å². The number of imidazole rings is 1. The molecule has 1 atom stereocenters. The van der Waals surface area contributed by atoms with Crippen LogP contribution in [0, 0.1) is 0 Å². The average Bonchev–Trinajstić information content (AvgIpc) is 3.20. The van der Waals surface area contributed by atoms with Crippen LogP contribution in [0.25, 0.3) is 5.69 Å². The van der Waals surface area contributed by atoms with E-state index in [0.29, 0.717) is 12.1 Å². The highest BCUT2D eigenvalue weighted by molar-refractivity contribution is 5.98. The molecule has 0 aliphatic rings. The highest BCUT2D eigenvalue weighted by atomic mass is 16.2. The summed E-state index contributed by atoms with van der Waals surface area (Å²) >= 11 is 0. The number of carbonyl (C=O) groups is 2. The number of primary amides is 2. The topological polar surface area (TPSA) is 174 Å². The van der Waals surface area contributed by atoms with E-state index in [1.54, 1.807) is 37.8 Å². The van der Waals surface area contributed by atoms with Crippen LogP contribution in [0.15, 0.2) is 47.8 Å². The highest BCUT2D eigenvalue weighted by Crippen LogP contribution is 2.20. The molecule has 11 heteroatoms. The molecular weight excluding hydrogens is 376 g/mol. The Labute approximate surface area is 165 Å². The Morgan fingerprint density at radius 2 is 1.97 bits per heavy atom. The second-order valence-electron chi connectivity index (χ2n) is 6.15. The number of nitrogens with zero attached hydrogens (tertiary/aromatic N) is 3. The zero-order chi connectivity index (χ0) is 21.0. The van der Waals surface area contributed by atoms with E-state index in [4.69, 9.17) is 11.5 Å². The third-order valence-electron chi connectivity index (χ3n) is 4.16. The Hall–Kier alpha value is -4.15. The van der Waals surface area contributed by atoms with Gasteiger partial charge in [-0.05, 0) is 30.7 Å². The Morgan fingerprint density at radius 3 is 2.52 bits per heavy atom. The molecule has 3 aromatic rings. The fourth-order valence-corrected chi connectivity index (χ4v) is 2.67. The van der Waals surface area contributed by atoms with E-state index in [1.807, 2.05) is 16.7 Å². The zero-order valence-electron chi connectivity index (χ0n) is 15.5. The van der Waals surface area contributed by atoms with Crippen LogP contribution in [0.2, 0.25) is 0 Å². The van der Waals surface area contributed by atoms with Crippen molar-refractivity contribution in [3.05, 3.63) is 58.9 Å². The van der Waals surface area contributed by atoms with Gasteiger partial charge < -0.3 is 26.7 Å². The normalized spacial score (nSPS) is 11.6. The molecule has 0 saturated carbocycles. The van der Waals surface area contributed by atoms with Gasteiger partial charge in [0.05, 0.1) is 6.33 Å². The average molecular weight is 396 g/mol. The lowest BCUT2D eigenvalue weighted by Gasteiger charge is -2.16. The predicted molar refractivity (Wildman–Crippen MR) is 107 cm³/mol. The van der Waals surface area contributed by atoms with Crippen LogP contribution in [0.4, 0.5) is 17.5 Å². The number of carbonyl (C=O) groups excluding carboxylic acids is 2. The molecule has 150 valence electrons. The summed E-state index contributed by atoms with van der Waals surface area (Å²) in [6.07, 6.45) is 5.50. The molecule has 0 radical (unpaired) electrons. The summed E-state index contributed by atoms with van der Waals surface area (Å²) in [5, 5.41) is 5.66. The zero-order valence-corrected chi connectivity index (χ0v) is 15.5. The molecule has 3 rings (SSSR count). The maximum Gasteiger partial charge on any atom is 0.267 e. The molecule has 11 nitrogen and oxygen atoms in total. The number of hydrogen-bond donors (Lipinski definition) is 5. The van der Waals surface area contributed by atoms with E-state index < -0.39 is 23.4 Å². The van der Waals surface area contributed by atoms with Gasteiger partial charge in [0.25, 0.3) is 11.5 Å². The van der Waals surface area contributed by atoms with Crippen molar-refractivity contribution < 1.29 is 9.59 Å². The molecule has 2 heterocycles. The van der Waals surface area contributed by atoms with Crippen molar-refractivity contribution in [2.24, 2.45) is 11.5 Å². The Kier molecular flexibility index (Phi) is 5.58. The Bertz CT molecular complexity index is 1070. The maximum absolute atomic E-state index is 12.3. The molecule has 0 spiro atoms. The number of hydrogen-bond acceptors (Lipinski definition) is 7. The van der Waals surface area contributed by atoms with E-state index in [2.05, 4.69) is 25.6 Å². The summed E-state index contributed by atoms with van der Waals surface area (Å²) in [4.78, 5) is 46.1. The SMILES string of the molecule is CCC(Nc1nc(Nc2ccc(-n3ccnc3)cc2)c(C(N)=O)c(=O)[nH]1)C(N)=O. The summed E-state index contributed by atoms with van der Waals surface area (Å²) in [5.74, 6) is -1.59. The highest BCUT2D eigenvalue weighted by Gasteiger charge is 2.19. The number of aromatic amines is 1. The number of amides is 2. The van der Waals surface area contributed by atoms with E-state index in [0.717, 1.165) is 5.69 Å². The van der Waals surface area contributed by atoms with Crippen molar-refractivity contribution in [1.82, 2.24) is 19.5 Å². The standard InChI is InChI=1S/C18H20N8O3/c1-2-12(14(19)27)23-18-24-16(13(15(20)28)17(29)25-18)22-10-3-5-11(6-4-10)26-8-7-21-9-26/h3-9,12H,2H2,1H3,(H2,19,27)(H2,20,28)(H3,22,23,24,25,29). The number of rotatable bonds is 8. The minimum absolute atomic E-state index is 0.0109. The van der Waals surface area contributed by atoms with Gasteiger partial charge in [-0.2, -0.15) is 4.98 Å². The molecule has 2 amide bonds. The lowest BCUT2D eigenvalue weighted by Crippen LogP contribution is -2.36. The molecule has 1 unspecified atom stereocenters. The van der Waals surface area contributed by atoms with E-state index in [9.17, 15) is 14.4 Å². The van der Waals surface area contributed by atoms with Crippen LogP contribution >= 0.6 is 0 Å². The lowest BCUT2D eigenvalue weighted by atomic mass is 10.2. The van der Waals surface area contributed by atoms with Crippen molar-refractivity contribution in [3.8, 4) is 5.69 Å². The summed E-state index contributed by atoms with van der Waals surface area (Å²) in [6.45, 7) is 1.75. The number of nitrogens with two attached hydrogens (primary N) is 2. The molecule has 7 N–H and O–H groups in total. The third-order valence-corrected chi connectivity index (χ3v) is 4.16. The van der Waals surface area contributed by atoms with Gasteiger partial charge in [-0.25, -0.2) is 4.98 Å². The molecule has 0 aliphatic heterocycles. The van der Waals surface area contributed by atoms with Crippen LogP contribution < -0.4 is 27.7 Å². The summed E-state index contributed by atoms with van der Waals surface area (Å²) in [7, 11) is 0. The summed E-state index contributed by atoms with van der Waals surface area (Å²) < 4.78 is 1.82.